The van der Waals surface area contributed by atoms with Gasteiger partial charge in [0.1, 0.15) is 5.75 Å². The SMILES string of the molecule is CCC1CN(C(=O)CSc2nnc(-c3ccc(OC)cc3)n2CC2CCCO2)CCO1. The van der Waals surface area contributed by atoms with E-state index in [9.17, 15) is 4.79 Å². The lowest BCUT2D eigenvalue weighted by atomic mass is 10.2. The molecule has 2 saturated heterocycles. The first kappa shape index (κ1) is 22.1. The highest BCUT2D eigenvalue weighted by Gasteiger charge is 2.25. The largest absolute Gasteiger partial charge is 0.497 e. The van der Waals surface area contributed by atoms with E-state index in [1.165, 1.54) is 11.8 Å². The van der Waals surface area contributed by atoms with E-state index >= 15 is 0 Å². The van der Waals surface area contributed by atoms with Crippen molar-refractivity contribution in [3.8, 4) is 17.1 Å². The van der Waals surface area contributed by atoms with Crippen molar-refractivity contribution in [2.75, 3.05) is 39.2 Å². The van der Waals surface area contributed by atoms with Crippen LogP contribution in [0.2, 0.25) is 0 Å². The van der Waals surface area contributed by atoms with Crippen LogP contribution in [0.15, 0.2) is 29.4 Å². The minimum absolute atomic E-state index is 0.115. The van der Waals surface area contributed by atoms with Gasteiger partial charge in [-0.25, -0.2) is 0 Å². The number of rotatable bonds is 8. The van der Waals surface area contributed by atoms with E-state index in [1.807, 2.05) is 29.2 Å². The smallest absolute Gasteiger partial charge is 0.233 e. The first-order valence-corrected chi connectivity index (χ1v) is 11.9. The number of thioether (sulfide) groups is 1. The molecule has 0 N–H and O–H groups in total. The average Bonchev–Trinajstić information content (AvgIpc) is 3.48. The molecule has 0 spiro atoms. The molecule has 0 radical (unpaired) electrons. The van der Waals surface area contributed by atoms with Crippen molar-refractivity contribution in [3.05, 3.63) is 24.3 Å². The van der Waals surface area contributed by atoms with Gasteiger partial charge in [-0.05, 0) is 43.5 Å². The molecule has 168 valence electrons. The Balaban J connectivity index is 1.49. The van der Waals surface area contributed by atoms with Gasteiger partial charge in [0, 0.05) is 25.3 Å². The van der Waals surface area contributed by atoms with Gasteiger partial charge in [-0.15, -0.1) is 10.2 Å². The minimum Gasteiger partial charge on any atom is -0.497 e. The lowest BCUT2D eigenvalue weighted by Crippen LogP contribution is -2.46. The molecule has 2 fully saturated rings. The first-order valence-electron chi connectivity index (χ1n) is 10.9. The third kappa shape index (κ3) is 5.39. The second-order valence-electron chi connectivity index (χ2n) is 7.81. The van der Waals surface area contributed by atoms with E-state index < -0.39 is 0 Å². The molecule has 0 aliphatic carbocycles. The van der Waals surface area contributed by atoms with Crippen LogP contribution in [-0.4, -0.2) is 76.9 Å². The molecule has 2 unspecified atom stereocenters. The summed E-state index contributed by atoms with van der Waals surface area (Å²) in [7, 11) is 1.65. The van der Waals surface area contributed by atoms with Crippen LogP contribution in [0, 0.1) is 0 Å². The molecule has 8 nitrogen and oxygen atoms in total. The van der Waals surface area contributed by atoms with Crippen molar-refractivity contribution < 1.29 is 19.0 Å². The normalized spacial score (nSPS) is 21.4. The van der Waals surface area contributed by atoms with Gasteiger partial charge in [-0.1, -0.05) is 18.7 Å². The van der Waals surface area contributed by atoms with E-state index in [1.54, 1.807) is 7.11 Å². The van der Waals surface area contributed by atoms with Crippen LogP contribution in [0.5, 0.6) is 5.75 Å². The van der Waals surface area contributed by atoms with Crippen LogP contribution in [0.3, 0.4) is 0 Å². The predicted octanol–water partition coefficient (Wildman–Crippen LogP) is 2.86. The maximum atomic E-state index is 12.8. The van der Waals surface area contributed by atoms with Crippen molar-refractivity contribution in [1.29, 1.82) is 0 Å². The lowest BCUT2D eigenvalue weighted by molar-refractivity contribution is -0.135. The molecule has 1 amide bonds. The number of amides is 1. The van der Waals surface area contributed by atoms with Gasteiger partial charge in [-0.2, -0.15) is 0 Å². The molecular formula is C22H30N4O4S. The topological polar surface area (TPSA) is 78.7 Å². The Bertz CT molecular complexity index is 867. The number of benzene rings is 1. The molecule has 1 aromatic carbocycles. The zero-order valence-corrected chi connectivity index (χ0v) is 19.0. The molecule has 2 aliphatic heterocycles. The number of carbonyl (C=O) groups excluding carboxylic acids is 1. The number of hydrogen-bond acceptors (Lipinski definition) is 7. The highest BCUT2D eigenvalue weighted by atomic mass is 32.2. The second-order valence-corrected chi connectivity index (χ2v) is 8.75. The third-order valence-corrected chi connectivity index (χ3v) is 6.70. The number of morpholine rings is 1. The van der Waals surface area contributed by atoms with Gasteiger partial charge in [0.15, 0.2) is 11.0 Å². The van der Waals surface area contributed by atoms with Gasteiger partial charge in [-0.3, -0.25) is 9.36 Å². The van der Waals surface area contributed by atoms with Crippen molar-refractivity contribution in [3.63, 3.8) is 0 Å². The molecule has 0 bridgehead atoms. The lowest BCUT2D eigenvalue weighted by Gasteiger charge is -2.32. The Hall–Kier alpha value is -2.10. The van der Waals surface area contributed by atoms with Crippen molar-refractivity contribution in [2.45, 2.75) is 50.1 Å². The number of ether oxygens (including phenoxy) is 3. The Morgan fingerprint density at radius 3 is 2.71 bits per heavy atom. The Kier molecular flexibility index (Phi) is 7.47. The third-order valence-electron chi connectivity index (χ3n) is 5.75. The zero-order valence-electron chi connectivity index (χ0n) is 18.2. The molecule has 2 aliphatic rings. The molecule has 1 aromatic heterocycles. The van der Waals surface area contributed by atoms with Crippen LogP contribution in [0.1, 0.15) is 26.2 Å². The van der Waals surface area contributed by atoms with Crippen LogP contribution in [-0.2, 0) is 20.8 Å². The fourth-order valence-electron chi connectivity index (χ4n) is 3.92. The summed E-state index contributed by atoms with van der Waals surface area (Å²) in [4.78, 5) is 14.7. The number of aromatic nitrogens is 3. The zero-order chi connectivity index (χ0) is 21.6. The standard InChI is InChI=1S/C22H30N4O4S/c1-3-17-13-25(10-12-30-17)20(27)15-31-22-24-23-21(16-6-8-18(28-2)9-7-16)26(22)14-19-5-4-11-29-19/h6-9,17,19H,3-5,10-15H2,1-2H3. The van der Waals surface area contributed by atoms with Crippen LogP contribution in [0.4, 0.5) is 0 Å². The average molecular weight is 447 g/mol. The summed E-state index contributed by atoms with van der Waals surface area (Å²) in [5.41, 5.74) is 0.962. The van der Waals surface area contributed by atoms with Crippen LogP contribution < -0.4 is 4.74 Å². The number of methoxy groups -OCH3 is 1. The monoisotopic (exact) mass is 446 g/mol. The molecular weight excluding hydrogens is 416 g/mol. The number of carbonyl (C=O) groups is 1. The van der Waals surface area contributed by atoms with E-state index in [0.717, 1.165) is 48.2 Å². The Labute approximate surface area is 187 Å². The predicted molar refractivity (Wildman–Crippen MR) is 118 cm³/mol. The van der Waals surface area contributed by atoms with Gasteiger partial charge >= 0.3 is 0 Å². The first-order chi connectivity index (χ1) is 15.2. The van der Waals surface area contributed by atoms with Gasteiger partial charge in [0.2, 0.25) is 5.91 Å². The molecule has 2 aromatic rings. The summed E-state index contributed by atoms with van der Waals surface area (Å²) in [6.45, 7) is 5.47. The van der Waals surface area contributed by atoms with Gasteiger partial charge in [0.05, 0.1) is 38.2 Å². The molecule has 4 rings (SSSR count). The van der Waals surface area contributed by atoms with Crippen LogP contribution in [0.25, 0.3) is 11.4 Å². The second kappa shape index (κ2) is 10.5. The maximum Gasteiger partial charge on any atom is 0.233 e. The number of hydrogen-bond donors (Lipinski definition) is 0. The summed E-state index contributed by atoms with van der Waals surface area (Å²) >= 11 is 1.44. The highest BCUT2D eigenvalue weighted by molar-refractivity contribution is 7.99. The van der Waals surface area contributed by atoms with E-state index in [0.29, 0.717) is 32.0 Å². The quantitative estimate of drug-likeness (QED) is 0.577. The summed E-state index contributed by atoms with van der Waals surface area (Å²) in [5.74, 6) is 2.03. The highest BCUT2D eigenvalue weighted by Crippen LogP contribution is 2.28. The maximum absolute atomic E-state index is 12.8. The van der Waals surface area contributed by atoms with Crippen LogP contribution >= 0.6 is 11.8 Å². The molecule has 9 heteroatoms. The molecule has 31 heavy (non-hydrogen) atoms. The summed E-state index contributed by atoms with van der Waals surface area (Å²) < 4.78 is 18.9. The van der Waals surface area contributed by atoms with Crippen molar-refractivity contribution >= 4 is 17.7 Å². The van der Waals surface area contributed by atoms with E-state index in [-0.39, 0.29) is 18.1 Å². The van der Waals surface area contributed by atoms with Gasteiger partial charge in [0.25, 0.3) is 0 Å². The molecule has 3 heterocycles. The Morgan fingerprint density at radius 2 is 2.00 bits per heavy atom. The van der Waals surface area contributed by atoms with Crippen molar-refractivity contribution in [2.24, 2.45) is 0 Å². The van der Waals surface area contributed by atoms with E-state index in [4.69, 9.17) is 14.2 Å². The fraction of sp³-hybridized carbons (Fsp3) is 0.591. The Morgan fingerprint density at radius 1 is 1.19 bits per heavy atom. The summed E-state index contributed by atoms with van der Waals surface area (Å²) in [6, 6.07) is 7.79. The minimum atomic E-state index is 0.115. The van der Waals surface area contributed by atoms with E-state index in [2.05, 4.69) is 21.7 Å². The number of nitrogens with zero attached hydrogens (tertiary/aromatic N) is 4. The summed E-state index contributed by atoms with van der Waals surface area (Å²) in [5, 5.41) is 9.61. The molecule has 2 atom stereocenters. The fourth-order valence-corrected chi connectivity index (χ4v) is 4.77. The van der Waals surface area contributed by atoms with Gasteiger partial charge < -0.3 is 19.1 Å². The summed E-state index contributed by atoms with van der Waals surface area (Å²) in [6.07, 6.45) is 3.29. The molecule has 0 saturated carbocycles. The van der Waals surface area contributed by atoms with Crippen molar-refractivity contribution in [1.82, 2.24) is 19.7 Å².